The first-order valence-corrected chi connectivity index (χ1v) is 6.08. The summed E-state index contributed by atoms with van der Waals surface area (Å²) < 4.78 is 0. The molecule has 2 amide bonds. The summed E-state index contributed by atoms with van der Waals surface area (Å²) in [5.41, 5.74) is 0.892. The Hall–Kier alpha value is -2.47. The van der Waals surface area contributed by atoms with Gasteiger partial charge in [0, 0.05) is 25.0 Å². The fourth-order valence-electron chi connectivity index (χ4n) is 1.51. The second-order valence-electron chi connectivity index (χ2n) is 3.82. The summed E-state index contributed by atoms with van der Waals surface area (Å²) in [5.74, 6) is -0.717. The number of carbonyl (C=O) groups is 2. The summed E-state index contributed by atoms with van der Waals surface area (Å²) in [7, 11) is 1.52. The van der Waals surface area contributed by atoms with Crippen molar-refractivity contribution in [1.82, 2.24) is 15.3 Å². The van der Waals surface area contributed by atoms with E-state index in [4.69, 9.17) is 11.6 Å². The van der Waals surface area contributed by atoms with Crippen LogP contribution in [0.4, 0.5) is 5.69 Å². The molecule has 2 rings (SSSR count). The van der Waals surface area contributed by atoms with Crippen molar-refractivity contribution in [2.24, 2.45) is 0 Å². The number of halogens is 1. The fraction of sp³-hybridized carbons (Fsp3) is 0.0769. The molecule has 1 heterocycles. The zero-order chi connectivity index (χ0) is 14.5. The molecular formula is C13H11ClN4O2. The molecule has 1 aromatic heterocycles. The van der Waals surface area contributed by atoms with Crippen LogP contribution >= 0.6 is 11.6 Å². The summed E-state index contributed by atoms with van der Waals surface area (Å²) >= 11 is 5.99. The minimum Gasteiger partial charge on any atom is -0.355 e. The van der Waals surface area contributed by atoms with Crippen molar-refractivity contribution >= 4 is 29.1 Å². The number of anilines is 1. The van der Waals surface area contributed by atoms with E-state index in [-0.39, 0.29) is 11.6 Å². The summed E-state index contributed by atoms with van der Waals surface area (Å²) in [5, 5.41) is 5.42. The van der Waals surface area contributed by atoms with Gasteiger partial charge in [0.1, 0.15) is 5.69 Å². The van der Waals surface area contributed by atoms with E-state index in [0.29, 0.717) is 16.3 Å². The van der Waals surface area contributed by atoms with Gasteiger partial charge in [-0.1, -0.05) is 11.6 Å². The Morgan fingerprint density at radius 1 is 1.20 bits per heavy atom. The second kappa shape index (κ2) is 6.12. The van der Waals surface area contributed by atoms with Crippen molar-refractivity contribution in [3.05, 3.63) is 53.1 Å². The lowest BCUT2D eigenvalue weighted by molar-refractivity contribution is 0.0961. The van der Waals surface area contributed by atoms with E-state index in [1.165, 1.54) is 31.7 Å². The van der Waals surface area contributed by atoms with Gasteiger partial charge in [0.2, 0.25) is 0 Å². The van der Waals surface area contributed by atoms with Gasteiger partial charge in [-0.2, -0.15) is 0 Å². The van der Waals surface area contributed by atoms with Gasteiger partial charge in [-0.3, -0.25) is 14.6 Å². The molecule has 20 heavy (non-hydrogen) atoms. The average Bonchev–Trinajstić information content (AvgIpc) is 2.49. The monoisotopic (exact) mass is 290 g/mol. The number of hydrogen-bond donors (Lipinski definition) is 2. The maximum atomic E-state index is 11.9. The number of hydrogen-bond acceptors (Lipinski definition) is 4. The molecule has 2 N–H and O–H groups in total. The molecule has 0 fully saturated rings. The topological polar surface area (TPSA) is 84.0 Å². The summed E-state index contributed by atoms with van der Waals surface area (Å²) in [6, 6.07) is 4.60. The molecule has 0 spiro atoms. The Morgan fingerprint density at radius 2 is 2.00 bits per heavy atom. The number of carbonyl (C=O) groups excluding carboxylic acids is 2. The van der Waals surface area contributed by atoms with Crippen LogP contribution in [0.25, 0.3) is 0 Å². The van der Waals surface area contributed by atoms with Gasteiger partial charge in [-0.25, -0.2) is 4.98 Å². The smallest absolute Gasteiger partial charge is 0.275 e. The molecule has 0 aliphatic rings. The predicted molar refractivity (Wildman–Crippen MR) is 74.8 cm³/mol. The van der Waals surface area contributed by atoms with Crippen LogP contribution in [0.2, 0.25) is 5.02 Å². The van der Waals surface area contributed by atoms with Crippen LogP contribution in [0.3, 0.4) is 0 Å². The molecule has 0 aliphatic heterocycles. The number of nitrogens with zero attached hydrogens (tertiary/aromatic N) is 2. The number of nitrogens with one attached hydrogen (secondary N) is 2. The molecule has 0 aliphatic carbocycles. The lowest BCUT2D eigenvalue weighted by Gasteiger charge is -2.08. The highest BCUT2D eigenvalue weighted by atomic mass is 35.5. The van der Waals surface area contributed by atoms with Crippen molar-refractivity contribution in [2.45, 2.75) is 0 Å². The lowest BCUT2D eigenvalue weighted by Crippen LogP contribution is -2.19. The molecule has 0 saturated heterocycles. The molecule has 0 unspecified atom stereocenters. The summed E-state index contributed by atoms with van der Waals surface area (Å²) in [6.45, 7) is 0. The minimum atomic E-state index is -0.450. The first-order valence-electron chi connectivity index (χ1n) is 5.71. The van der Waals surface area contributed by atoms with Crippen molar-refractivity contribution in [3.8, 4) is 0 Å². The van der Waals surface area contributed by atoms with Gasteiger partial charge >= 0.3 is 0 Å². The molecule has 6 nitrogen and oxygen atoms in total. The van der Waals surface area contributed by atoms with Crippen LogP contribution in [0.5, 0.6) is 0 Å². The number of aromatic nitrogens is 2. The molecule has 0 bridgehead atoms. The Morgan fingerprint density at radius 3 is 2.65 bits per heavy atom. The average molecular weight is 291 g/mol. The van der Waals surface area contributed by atoms with Crippen molar-refractivity contribution in [3.63, 3.8) is 0 Å². The Labute approximate surface area is 120 Å². The van der Waals surface area contributed by atoms with Crippen molar-refractivity contribution < 1.29 is 9.59 Å². The van der Waals surface area contributed by atoms with Gasteiger partial charge in [-0.05, 0) is 18.2 Å². The Balaban J connectivity index is 2.25. The van der Waals surface area contributed by atoms with E-state index < -0.39 is 5.91 Å². The van der Waals surface area contributed by atoms with E-state index in [2.05, 4.69) is 20.6 Å². The van der Waals surface area contributed by atoms with E-state index in [9.17, 15) is 9.59 Å². The van der Waals surface area contributed by atoms with E-state index in [0.717, 1.165) is 0 Å². The van der Waals surface area contributed by atoms with Crippen LogP contribution in [-0.2, 0) is 0 Å². The molecule has 7 heteroatoms. The highest BCUT2D eigenvalue weighted by Crippen LogP contribution is 2.23. The first kappa shape index (κ1) is 14.0. The van der Waals surface area contributed by atoms with Gasteiger partial charge < -0.3 is 10.6 Å². The van der Waals surface area contributed by atoms with Crippen LogP contribution in [0.1, 0.15) is 20.8 Å². The van der Waals surface area contributed by atoms with Gasteiger partial charge in [0.05, 0.1) is 16.9 Å². The third-order valence-electron chi connectivity index (χ3n) is 2.50. The quantitative estimate of drug-likeness (QED) is 0.902. The molecular weight excluding hydrogens is 280 g/mol. The largest absolute Gasteiger partial charge is 0.355 e. The zero-order valence-corrected chi connectivity index (χ0v) is 11.3. The first-order chi connectivity index (χ1) is 9.61. The highest BCUT2D eigenvalue weighted by Gasteiger charge is 2.12. The maximum absolute atomic E-state index is 11.9. The molecule has 0 radical (unpaired) electrons. The van der Waals surface area contributed by atoms with Crippen LogP contribution in [0, 0.1) is 0 Å². The number of benzene rings is 1. The fourth-order valence-corrected chi connectivity index (χ4v) is 1.67. The van der Waals surface area contributed by atoms with Crippen molar-refractivity contribution in [1.29, 1.82) is 0 Å². The summed E-state index contributed by atoms with van der Waals surface area (Å²) in [4.78, 5) is 31.2. The van der Waals surface area contributed by atoms with Gasteiger partial charge in [0.25, 0.3) is 11.8 Å². The van der Waals surface area contributed by atoms with Crippen LogP contribution < -0.4 is 10.6 Å². The van der Waals surface area contributed by atoms with Crippen LogP contribution in [0.15, 0.2) is 36.8 Å². The van der Waals surface area contributed by atoms with Crippen LogP contribution in [-0.4, -0.2) is 28.8 Å². The number of amides is 2. The van der Waals surface area contributed by atoms with E-state index in [1.54, 1.807) is 12.1 Å². The van der Waals surface area contributed by atoms with Gasteiger partial charge in [0.15, 0.2) is 0 Å². The van der Waals surface area contributed by atoms with E-state index in [1.807, 2.05) is 0 Å². The predicted octanol–water partition coefficient (Wildman–Crippen LogP) is 1.74. The second-order valence-corrected chi connectivity index (χ2v) is 4.23. The molecule has 2 aromatic rings. The third kappa shape index (κ3) is 3.10. The molecule has 0 atom stereocenters. The van der Waals surface area contributed by atoms with E-state index >= 15 is 0 Å². The third-order valence-corrected chi connectivity index (χ3v) is 2.83. The Bertz CT molecular complexity index is 646. The normalized spacial score (nSPS) is 9.90. The maximum Gasteiger partial charge on any atom is 0.275 e. The molecule has 102 valence electrons. The lowest BCUT2D eigenvalue weighted by atomic mass is 10.2. The van der Waals surface area contributed by atoms with Crippen molar-refractivity contribution in [2.75, 3.05) is 12.4 Å². The SMILES string of the molecule is CNC(=O)c1ccc(Cl)c(NC(=O)c2cnccn2)c1. The highest BCUT2D eigenvalue weighted by molar-refractivity contribution is 6.34. The standard InChI is InChI=1S/C13H11ClN4O2/c1-15-12(19)8-2-3-9(14)10(6-8)18-13(20)11-7-16-4-5-17-11/h2-7H,1H3,(H,15,19)(H,18,20). The molecule has 1 aromatic carbocycles. The zero-order valence-electron chi connectivity index (χ0n) is 10.6. The summed E-state index contributed by atoms with van der Waals surface area (Å²) in [6.07, 6.45) is 4.22. The Kier molecular flexibility index (Phi) is 4.27. The number of rotatable bonds is 3. The minimum absolute atomic E-state index is 0.161. The molecule has 0 saturated carbocycles. The van der Waals surface area contributed by atoms with Gasteiger partial charge in [-0.15, -0.1) is 0 Å².